The number of halogens is 2. The first kappa shape index (κ1) is 17.3. The Morgan fingerprint density at radius 2 is 2.08 bits per heavy atom. The molecule has 0 spiro atoms. The molecule has 0 aromatic heterocycles. The Morgan fingerprint density at radius 1 is 1.27 bits per heavy atom. The van der Waals surface area contributed by atoms with Gasteiger partial charge < -0.3 is 10.2 Å². The zero-order valence-corrected chi connectivity index (χ0v) is 14.8. The standard InChI is InChI=1S/C18H19ClFN3O3/c19-12-5-4-10-8-23(15(24)14(10)7-12)9-18(16(25)21-17(26)22-18)11-2-1-3-13(20)6-11/h4-5,7,11,13H,1-3,6,8-9H2,(H2,21,22,25,26). The molecule has 1 aliphatic carbocycles. The average Bonchev–Trinajstić information content (AvgIpc) is 3.05. The van der Waals surface area contributed by atoms with Crippen LogP contribution in [0.2, 0.25) is 5.02 Å². The lowest BCUT2D eigenvalue weighted by Crippen LogP contribution is -2.61. The van der Waals surface area contributed by atoms with Gasteiger partial charge in [0.05, 0.1) is 6.54 Å². The third-order valence-electron chi connectivity index (χ3n) is 5.67. The number of nitrogens with one attached hydrogen (secondary N) is 2. The van der Waals surface area contributed by atoms with Crippen LogP contribution in [0.15, 0.2) is 18.2 Å². The summed E-state index contributed by atoms with van der Waals surface area (Å²) in [5.41, 5.74) is 0.0410. The fraction of sp³-hybridized carbons (Fsp3) is 0.500. The molecule has 3 aliphatic rings. The van der Waals surface area contributed by atoms with E-state index in [2.05, 4.69) is 10.6 Å². The Bertz CT molecular complexity index is 802. The van der Waals surface area contributed by atoms with Crippen molar-refractivity contribution in [3.8, 4) is 0 Å². The van der Waals surface area contributed by atoms with Gasteiger partial charge in [0.1, 0.15) is 11.7 Å². The molecule has 1 aromatic carbocycles. The highest BCUT2D eigenvalue weighted by atomic mass is 35.5. The van der Waals surface area contributed by atoms with Gasteiger partial charge in [0.2, 0.25) is 0 Å². The number of amides is 4. The highest BCUT2D eigenvalue weighted by Crippen LogP contribution is 2.38. The Morgan fingerprint density at radius 3 is 2.77 bits per heavy atom. The van der Waals surface area contributed by atoms with E-state index in [1.54, 1.807) is 18.2 Å². The van der Waals surface area contributed by atoms with Crippen molar-refractivity contribution >= 4 is 29.4 Å². The van der Waals surface area contributed by atoms with Gasteiger partial charge in [0.15, 0.2) is 0 Å². The first-order valence-corrected chi connectivity index (χ1v) is 9.12. The second kappa shape index (κ2) is 6.23. The highest BCUT2D eigenvalue weighted by molar-refractivity contribution is 6.31. The van der Waals surface area contributed by atoms with Crippen LogP contribution < -0.4 is 10.6 Å². The Labute approximate surface area is 155 Å². The van der Waals surface area contributed by atoms with E-state index < -0.39 is 23.6 Å². The zero-order valence-electron chi connectivity index (χ0n) is 14.1. The molecule has 2 N–H and O–H groups in total. The number of alkyl halides is 1. The van der Waals surface area contributed by atoms with Gasteiger partial charge in [-0.3, -0.25) is 14.9 Å². The molecule has 4 rings (SSSR count). The third kappa shape index (κ3) is 2.74. The zero-order chi connectivity index (χ0) is 18.5. The molecule has 138 valence electrons. The first-order valence-electron chi connectivity index (χ1n) is 8.74. The molecule has 0 radical (unpaired) electrons. The van der Waals surface area contributed by atoms with Crippen LogP contribution in [0.5, 0.6) is 0 Å². The van der Waals surface area contributed by atoms with Crippen LogP contribution in [0, 0.1) is 5.92 Å². The molecule has 1 saturated heterocycles. The summed E-state index contributed by atoms with van der Waals surface area (Å²) >= 11 is 5.98. The summed E-state index contributed by atoms with van der Waals surface area (Å²) in [6.07, 6.45) is 0.958. The second-order valence-corrected chi connectivity index (χ2v) is 7.74. The van der Waals surface area contributed by atoms with Gasteiger partial charge in [-0.25, -0.2) is 9.18 Å². The van der Waals surface area contributed by atoms with Crippen LogP contribution in [-0.4, -0.2) is 41.0 Å². The molecule has 1 aromatic rings. The quantitative estimate of drug-likeness (QED) is 0.791. The average molecular weight is 380 g/mol. The van der Waals surface area contributed by atoms with E-state index in [9.17, 15) is 18.8 Å². The number of carbonyl (C=O) groups excluding carboxylic acids is 3. The first-order chi connectivity index (χ1) is 12.4. The van der Waals surface area contributed by atoms with E-state index in [1.807, 2.05) is 0 Å². The summed E-state index contributed by atoms with van der Waals surface area (Å²) in [7, 11) is 0. The molecule has 3 atom stereocenters. The van der Waals surface area contributed by atoms with Crippen molar-refractivity contribution in [1.82, 2.24) is 15.5 Å². The molecule has 0 bridgehead atoms. The third-order valence-corrected chi connectivity index (χ3v) is 5.90. The lowest BCUT2D eigenvalue weighted by atomic mass is 9.73. The number of urea groups is 1. The van der Waals surface area contributed by atoms with Crippen LogP contribution in [0.1, 0.15) is 41.6 Å². The summed E-state index contributed by atoms with van der Waals surface area (Å²) < 4.78 is 14.0. The van der Waals surface area contributed by atoms with Gasteiger partial charge in [0, 0.05) is 17.1 Å². The number of nitrogens with zero attached hydrogens (tertiary/aromatic N) is 1. The molecule has 2 heterocycles. The maximum Gasteiger partial charge on any atom is 0.322 e. The molecule has 2 fully saturated rings. The maximum absolute atomic E-state index is 14.0. The molecule has 6 nitrogen and oxygen atoms in total. The predicted molar refractivity (Wildman–Crippen MR) is 92.5 cm³/mol. The van der Waals surface area contributed by atoms with Crippen molar-refractivity contribution in [1.29, 1.82) is 0 Å². The largest absolute Gasteiger partial charge is 0.331 e. The SMILES string of the molecule is O=C1NC(=O)C(CN2Cc3ccc(Cl)cc3C2=O)(C2CCCC(F)C2)N1. The monoisotopic (exact) mass is 379 g/mol. The molecule has 1 saturated carbocycles. The molecular weight excluding hydrogens is 361 g/mol. The minimum Gasteiger partial charge on any atom is -0.331 e. The number of fused-ring (bicyclic) bond motifs is 1. The maximum atomic E-state index is 14.0. The van der Waals surface area contributed by atoms with E-state index in [0.29, 0.717) is 36.4 Å². The lowest BCUT2D eigenvalue weighted by Gasteiger charge is -2.40. The van der Waals surface area contributed by atoms with E-state index in [4.69, 9.17) is 11.6 Å². The number of benzene rings is 1. The Balaban J connectivity index is 1.63. The fourth-order valence-electron chi connectivity index (χ4n) is 4.37. The van der Waals surface area contributed by atoms with Crippen LogP contribution in [-0.2, 0) is 11.3 Å². The molecule has 4 amide bonds. The number of carbonyl (C=O) groups is 3. The summed E-state index contributed by atoms with van der Waals surface area (Å²) in [6.45, 7) is 0.356. The van der Waals surface area contributed by atoms with Crippen LogP contribution in [0.3, 0.4) is 0 Å². The van der Waals surface area contributed by atoms with E-state index in [0.717, 1.165) is 5.56 Å². The summed E-state index contributed by atoms with van der Waals surface area (Å²) in [5.74, 6) is -1.07. The molecular formula is C18H19ClFN3O3. The number of hydrogen-bond donors (Lipinski definition) is 2. The van der Waals surface area contributed by atoms with Gasteiger partial charge in [0.25, 0.3) is 11.8 Å². The summed E-state index contributed by atoms with van der Waals surface area (Å²) in [4.78, 5) is 38.8. The summed E-state index contributed by atoms with van der Waals surface area (Å²) in [6, 6.07) is 4.51. The molecule has 26 heavy (non-hydrogen) atoms. The predicted octanol–water partition coefficient (Wildman–Crippen LogP) is 2.40. The lowest BCUT2D eigenvalue weighted by molar-refractivity contribution is -0.127. The van der Waals surface area contributed by atoms with Gasteiger partial charge in [-0.15, -0.1) is 0 Å². The highest BCUT2D eigenvalue weighted by Gasteiger charge is 2.54. The molecule has 3 unspecified atom stereocenters. The smallest absolute Gasteiger partial charge is 0.322 e. The normalized spacial score (nSPS) is 31.0. The fourth-order valence-corrected chi connectivity index (χ4v) is 4.55. The number of rotatable bonds is 3. The minimum absolute atomic E-state index is 0.0209. The summed E-state index contributed by atoms with van der Waals surface area (Å²) in [5, 5.41) is 5.44. The topological polar surface area (TPSA) is 78.5 Å². The van der Waals surface area contributed by atoms with Crippen molar-refractivity contribution in [2.75, 3.05) is 6.54 Å². The van der Waals surface area contributed by atoms with E-state index in [-0.39, 0.29) is 24.8 Å². The van der Waals surface area contributed by atoms with Crippen LogP contribution in [0.25, 0.3) is 0 Å². The molecule has 2 aliphatic heterocycles. The second-order valence-electron chi connectivity index (χ2n) is 7.30. The number of imide groups is 1. The van der Waals surface area contributed by atoms with Crippen LogP contribution in [0.4, 0.5) is 9.18 Å². The Kier molecular flexibility index (Phi) is 4.14. The van der Waals surface area contributed by atoms with E-state index in [1.165, 1.54) is 4.90 Å². The minimum atomic E-state index is -1.29. The van der Waals surface area contributed by atoms with Gasteiger partial charge >= 0.3 is 6.03 Å². The molecule has 8 heteroatoms. The van der Waals surface area contributed by atoms with Gasteiger partial charge in [-0.1, -0.05) is 24.1 Å². The van der Waals surface area contributed by atoms with E-state index >= 15 is 0 Å². The van der Waals surface area contributed by atoms with Gasteiger partial charge in [-0.05, 0) is 42.9 Å². The van der Waals surface area contributed by atoms with Gasteiger partial charge in [-0.2, -0.15) is 0 Å². The van der Waals surface area contributed by atoms with Crippen molar-refractivity contribution in [2.45, 2.75) is 43.9 Å². The van der Waals surface area contributed by atoms with Crippen molar-refractivity contribution in [3.63, 3.8) is 0 Å². The van der Waals surface area contributed by atoms with Crippen LogP contribution >= 0.6 is 11.6 Å². The van der Waals surface area contributed by atoms with Crippen molar-refractivity contribution in [2.24, 2.45) is 5.92 Å². The Hall–Kier alpha value is -2.15. The number of hydrogen-bond acceptors (Lipinski definition) is 3. The van der Waals surface area contributed by atoms with Crippen molar-refractivity contribution < 1.29 is 18.8 Å². The van der Waals surface area contributed by atoms with Crippen molar-refractivity contribution in [3.05, 3.63) is 34.3 Å².